The van der Waals surface area contributed by atoms with Crippen molar-refractivity contribution in [3.63, 3.8) is 0 Å². The zero-order chi connectivity index (χ0) is 25.5. The quantitative estimate of drug-likeness (QED) is 0.115. The zero-order valence-electron chi connectivity index (χ0n) is 17.4. The highest BCUT2D eigenvalue weighted by Gasteiger charge is 2.24. The van der Waals surface area contributed by atoms with Crippen molar-refractivity contribution in [2.24, 2.45) is 0 Å². The number of sulfone groups is 1. The molecule has 0 radical (unpaired) electrons. The fourth-order valence-corrected chi connectivity index (χ4v) is 7.95. The van der Waals surface area contributed by atoms with Gasteiger partial charge in [0.05, 0.1) is 50.5 Å². The standard InChI is InChI=1S/C21H19Br7O5S/c1-2-3-31-9-13(24)11-33-21-18(27)6-15(7-19(21)28)34(29,30)14-4-16(25)20(17(26)5-14)32-10-12(23)8-22/h2,4-7,12-13H,1,3,8-11H2. The lowest BCUT2D eigenvalue weighted by molar-refractivity contribution is 0.149. The maximum absolute atomic E-state index is 13.4. The minimum Gasteiger partial charge on any atom is -0.490 e. The molecule has 2 aromatic carbocycles. The average Bonchev–Trinajstić information content (AvgIpc) is 2.77. The molecular formula is C21H19Br7O5S. The Bertz CT molecular complexity index is 1060. The summed E-state index contributed by atoms with van der Waals surface area (Å²) < 4.78 is 45.9. The molecule has 0 heterocycles. The van der Waals surface area contributed by atoms with Crippen LogP contribution in [0.15, 0.2) is 64.6 Å². The van der Waals surface area contributed by atoms with Gasteiger partial charge in [-0.3, -0.25) is 0 Å². The summed E-state index contributed by atoms with van der Waals surface area (Å²) in [6.07, 6.45) is 1.67. The Hall–Kier alpha value is 1.05. The highest BCUT2D eigenvalue weighted by atomic mass is 79.9. The highest BCUT2D eigenvalue weighted by Crippen LogP contribution is 2.41. The van der Waals surface area contributed by atoms with Gasteiger partial charge in [-0.05, 0) is 88.0 Å². The maximum atomic E-state index is 13.4. The van der Waals surface area contributed by atoms with Gasteiger partial charge in [0.2, 0.25) is 9.84 Å². The molecule has 0 saturated carbocycles. The SMILES string of the molecule is C=CCOCC(Br)COc1c(Br)cc(S(=O)(=O)c2cc(Br)c(OCC(Br)CBr)c(Br)c2)cc1Br. The van der Waals surface area contributed by atoms with Crippen LogP contribution < -0.4 is 9.47 Å². The van der Waals surface area contributed by atoms with Crippen LogP contribution in [-0.2, 0) is 14.6 Å². The summed E-state index contributed by atoms with van der Waals surface area (Å²) in [5.74, 6) is 1.02. The summed E-state index contributed by atoms with van der Waals surface area (Å²) in [5, 5.41) is 0.720. The fourth-order valence-electron chi connectivity index (χ4n) is 2.51. The largest absolute Gasteiger partial charge is 0.490 e. The van der Waals surface area contributed by atoms with Crippen molar-refractivity contribution >= 4 is 121 Å². The molecule has 0 bridgehead atoms. The van der Waals surface area contributed by atoms with Gasteiger partial charge in [-0.1, -0.05) is 53.9 Å². The van der Waals surface area contributed by atoms with Crippen molar-refractivity contribution in [3.8, 4) is 11.5 Å². The minimum atomic E-state index is -3.83. The van der Waals surface area contributed by atoms with Gasteiger partial charge in [-0.15, -0.1) is 6.58 Å². The normalized spacial score (nSPS) is 13.4. The van der Waals surface area contributed by atoms with Gasteiger partial charge in [0.15, 0.2) is 0 Å². The fraction of sp³-hybridized carbons (Fsp3) is 0.333. The molecule has 0 aliphatic rings. The van der Waals surface area contributed by atoms with Crippen molar-refractivity contribution in [2.45, 2.75) is 19.4 Å². The molecule has 5 nitrogen and oxygen atoms in total. The molecular weight excluding hydrogens is 924 g/mol. The van der Waals surface area contributed by atoms with E-state index in [4.69, 9.17) is 14.2 Å². The molecule has 188 valence electrons. The molecule has 0 aromatic heterocycles. The molecule has 0 spiro atoms. The molecule has 34 heavy (non-hydrogen) atoms. The number of benzene rings is 2. The van der Waals surface area contributed by atoms with Crippen molar-refractivity contribution in [2.75, 3.05) is 31.8 Å². The van der Waals surface area contributed by atoms with E-state index in [0.717, 1.165) is 5.33 Å². The lowest BCUT2D eigenvalue weighted by Gasteiger charge is -2.16. The molecule has 2 unspecified atom stereocenters. The lowest BCUT2D eigenvalue weighted by Crippen LogP contribution is -2.18. The molecule has 0 amide bonds. The zero-order valence-corrected chi connectivity index (χ0v) is 29.3. The lowest BCUT2D eigenvalue weighted by atomic mass is 10.3. The van der Waals surface area contributed by atoms with Crippen LogP contribution >= 0.6 is 112 Å². The van der Waals surface area contributed by atoms with Crippen LogP contribution in [0.2, 0.25) is 0 Å². The summed E-state index contributed by atoms with van der Waals surface area (Å²) in [6.45, 7) is 5.24. The van der Waals surface area contributed by atoms with E-state index in [1.807, 2.05) is 0 Å². The molecule has 0 aliphatic carbocycles. The average molecular weight is 943 g/mol. The number of rotatable bonds is 13. The van der Waals surface area contributed by atoms with Crippen LogP contribution in [-0.4, -0.2) is 49.8 Å². The van der Waals surface area contributed by atoms with Crippen LogP contribution in [0.3, 0.4) is 0 Å². The van der Waals surface area contributed by atoms with Crippen molar-refractivity contribution in [3.05, 3.63) is 54.8 Å². The van der Waals surface area contributed by atoms with Gasteiger partial charge in [0.25, 0.3) is 0 Å². The maximum Gasteiger partial charge on any atom is 0.206 e. The van der Waals surface area contributed by atoms with Crippen LogP contribution in [0.4, 0.5) is 0 Å². The van der Waals surface area contributed by atoms with E-state index in [2.05, 4.69) is 118 Å². The molecule has 0 aliphatic heterocycles. The first kappa shape index (κ1) is 31.3. The third-order valence-electron chi connectivity index (χ3n) is 4.08. The van der Waals surface area contributed by atoms with Gasteiger partial charge in [-0.2, -0.15) is 0 Å². The van der Waals surface area contributed by atoms with Crippen LogP contribution in [0.5, 0.6) is 11.5 Å². The Morgan fingerprint density at radius 1 is 0.794 bits per heavy atom. The van der Waals surface area contributed by atoms with E-state index in [1.165, 1.54) is 24.3 Å². The van der Waals surface area contributed by atoms with E-state index in [1.54, 1.807) is 6.08 Å². The number of alkyl halides is 3. The third kappa shape index (κ3) is 8.82. The second-order valence-corrected chi connectivity index (χ2v) is 15.3. The second-order valence-electron chi connectivity index (χ2n) is 6.73. The molecule has 0 N–H and O–H groups in total. The van der Waals surface area contributed by atoms with Crippen molar-refractivity contribution in [1.82, 2.24) is 0 Å². The molecule has 2 aromatic rings. The molecule has 0 fully saturated rings. The van der Waals surface area contributed by atoms with Gasteiger partial charge in [0.1, 0.15) is 24.7 Å². The van der Waals surface area contributed by atoms with E-state index in [9.17, 15) is 8.42 Å². The van der Waals surface area contributed by atoms with Gasteiger partial charge >= 0.3 is 0 Å². The number of ether oxygens (including phenoxy) is 3. The Morgan fingerprint density at radius 3 is 1.59 bits per heavy atom. The Kier molecular flexibility index (Phi) is 13.7. The summed E-state index contributed by atoms with van der Waals surface area (Å²) in [4.78, 5) is 0.293. The Balaban J connectivity index is 2.25. The third-order valence-corrected chi connectivity index (χ3v) is 10.9. The predicted octanol–water partition coefficient (Wildman–Crippen LogP) is 8.45. The van der Waals surface area contributed by atoms with E-state index >= 15 is 0 Å². The van der Waals surface area contributed by atoms with Crippen LogP contribution in [0, 0.1) is 0 Å². The summed E-state index contributed by atoms with van der Waals surface area (Å²) in [5.41, 5.74) is 0. The molecule has 2 atom stereocenters. The van der Waals surface area contributed by atoms with Gasteiger partial charge in [-0.25, -0.2) is 8.42 Å². The van der Waals surface area contributed by atoms with Crippen molar-refractivity contribution in [1.29, 1.82) is 0 Å². The monoisotopic (exact) mass is 936 g/mol. The van der Waals surface area contributed by atoms with E-state index < -0.39 is 9.84 Å². The predicted molar refractivity (Wildman–Crippen MR) is 160 cm³/mol. The first-order chi connectivity index (χ1) is 16.0. The number of hydrogen-bond acceptors (Lipinski definition) is 5. The molecule has 2 rings (SSSR count). The summed E-state index contributed by atoms with van der Waals surface area (Å²) in [6, 6.07) is 6.09. The molecule has 0 saturated heterocycles. The van der Waals surface area contributed by atoms with Gasteiger partial charge < -0.3 is 14.2 Å². The molecule has 13 heteroatoms. The van der Waals surface area contributed by atoms with Crippen molar-refractivity contribution < 1.29 is 22.6 Å². The highest BCUT2D eigenvalue weighted by molar-refractivity contribution is 9.12. The summed E-state index contributed by atoms with van der Waals surface area (Å²) >= 11 is 24.1. The van der Waals surface area contributed by atoms with E-state index in [0.29, 0.717) is 55.8 Å². The second kappa shape index (κ2) is 14.8. The Morgan fingerprint density at radius 2 is 1.21 bits per heavy atom. The smallest absolute Gasteiger partial charge is 0.206 e. The van der Waals surface area contributed by atoms with E-state index in [-0.39, 0.29) is 19.4 Å². The first-order valence-corrected chi connectivity index (χ1v) is 17.1. The minimum absolute atomic E-state index is 0.0422. The number of hydrogen-bond donors (Lipinski definition) is 0. The topological polar surface area (TPSA) is 61.8 Å². The summed E-state index contributed by atoms with van der Waals surface area (Å²) in [7, 11) is -3.83. The first-order valence-electron chi connectivity index (χ1n) is 9.52. The van der Waals surface area contributed by atoms with Gasteiger partial charge in [0, 0.05) is 5.33 Å². The van der Waals surface area contributed by atoms with Crippen LogP contribution in [0.25, 0.3) is 0 Å². The van der Waals surface area contributed by atoms with Crippen LogP contribution in [0.1, 0.15) is 0 Å². The number of halogens is 7. The Labute approximate surface area is 258 Å².